The van der Waals surface area contributed by atoms with Crippen LogP contribution in [0.25, 0.3) is 0 Å². The van der Waals surface area contributed by atoms with Gasteiger partial charge in [0, 0.05) is 42.5 Å². The van der Waals surface area contributed by atoms with Crippen molar-refractivity contribution in [2.45, 2.75) is 96.1 Å². The number of rotatable bonds is 17. The molecule has 2 N–H and O–H groups in total. The summed E-state index contributed by atoms with van der Waals surface area (Å²) in [5.74, 6) is 3.31. The van der Waals surface area contributed by atoms with Gasteiger partial charge in [-0.3, -0.25) is 14.3 Å². The largest absolute Gasteiger partial charge is 0.497 e. The lowest BCUT2D eigenvalue weighted by Gasteiger charge is -2.37. The van der Waals surface area contributed by atoms with E-state index in [1.54, 1.807) is 25.0 Å². The Balaban J connectivity index is 0.000000271. The van der Waals surface area contributed by atoms with Crippen LogP contribution in [-0.2, 0) is 24.3 Å². The van der Waals surface area contributed by atoms with Crippen LogP contribution in [-0.4, -0.2) is 88.4 Å². The third kappa shape index (κ3) is 11.8. The van der Waals surface area contributed by atoms with Crippen molar-refractivity contribution < 1.29 is 33.1 Å². The zero-order valence-corrected chi connectivity index (χ0v) is 37.0. The molecule has 0 bridgehead atoms. The Morgan fingerprint density at radius 3 is 1.95 bits per heavy atom. The molecule has 2 aliphatic rings. The first-order chi connectivity index (χ1) is 28.0. The lowest BCUT2D eigenvalue weighted by Crippen LogP contribution is -2.40. The van der Waals surface area contributed by atoms with E-state index < -0.39 is 31.6 Å². The molecule has 12 nitrogen and oxygen atoms in total. The van der Waals surface area contributed by atoms with Crippen LogP contribution in [0.5, 0.6) is 11.5 Å². The highest BCUT2D eigenvalue weighted by Gasteiger charge is 2.40. The fraction of sp³-hybridized carbons (Fsp3) is 0.488. The van der Waals surface area contributed by atoms with Crippen molar-refractivity contribution in [1.82, 2.24) is 14.2 Å². The Kier molecular flexibility index (Phi) is 17.8. The van der Waals surface area contributed by atoms with E-state index >= 15 is 0 Å². The van der Waals surface area contributed by atoms with E-state index in [0.717, 1.165) is 52.7 Å². The number of methoxy groups -OCH3 is 2. The lowest BCUT2D eigenvalue weighted by molar-refractivity contribution is -0.0774. The quantitative estimate of drug-likeness (QED) is 0.0604. The molecule has 2 aliphatic heterocycles. The van der Waals surface area contributed by atoms with Crippen LogP contribution in [0.1, 0.15) is 76.8 Å². The molecule has 0 amide bonds. The molecule has 15 heteroatoms. The van der Waals surface area contributed by atoms with Crippen LogP contribution in [0, 0.1) is 0 Å². The summed E-state index contributed by atoms with van der Waals surface area (Å²) in [6.07, 6.45) is 3.18. The first kappa shape index (κ1) is 45.9. The van der Waals surface area contributed by atoms with E-state index in [1.165, 1.54) is 16.8 Å². The Hall–Kier alpha value is -3.17. The first-order valence-electron chi connectivity index (χ1n) is 19.8. The highest BCUT2D eigenvalue weighted by atomic mass is 33.1. The van der Waals surface area contributed by atoms with Gasteiger partial charge in [-0.2, -0.15) is 0 Å². The summed E-state index contributed by atoms with van der Waals surface area (Å²) in [7, 11) is 5.36. The third-order valence-electron chi connectivity index (χ3n) is 9.89. The molecule has 0 spiro atoms. The van der Waals surface area contributed by atoms with Crippen molar-refractivity contribution in [2.75, 3.05) is 38.9 Å². The van der Waals surface area contributed by atoms with Crippen LogP contribution < -0.4 is 20.7 Å². The first-order valence-corrected chi connectivity index (χ1v) is 23.4. The third-order valence-corrected chi connectivity index (χ3v) is 14.1. The normalized spacial score (nSPS) is 20.2. The van der Waals surface area contributed by atoms with E-state index in [2.05, 4.69) is 39.6 Å². The minimum absolute atomic E-state index is 0.0103. The average molecular weight is 856 g/mol. The van der Waals surface area contributed by atoms with Gasteiger partial charge in [0.05, 0.1) is 33.0 Å². The van der Waals surface area contributed by atoms with Gasteiger partial charge in [-0.05, 0) is 87.9 Å². The van der Waals surface area contributed by atoms with E-state index in [1.807, 2.05) is 94.3 Å². The number of nitrogens with zero attached hydrogens (tertiary/aromatic N) is 2. The second-order valence-corrected chi connectivity index (χ2v) is 18.3. The maximum Gasteiger partial charge on any atom is 0.330 e. The molecule has 2 fully saturated rings. The monoisotopic (exact) mass is 855 g/mol. The van der Waals surface area contributed by atoms with Gasteiger partial charge in [-0.15, -0.1) is 0 Å². The highest BCUT2D eigenvalue weighted by Crippen LogP contribution is 2.46. The summed E-state index contributed by atoms with van der Waals surface area (Å²) in [6, 6.07) is 27.6. The molecule has 0 saturated carbocycles. The van der Waals surface area contributed by atoms with Gasteiger partial charge < -0.3 is 33.1 Å². The molecule has 2 saturated heterocycles. The summed E-state index contributed by atoms with van der Waals surface area (Å²) < 4.78 is 39.2. The van der Waals surface area contributed by atoms with Crippen LogP contribution >= 0.6 is 30.1 Å². The number of aromatic amines is 1. The SMILES string of the molecule is CCCO[C@@H]1CSSC[C@@H]1OP(O)N(C(C)C)C(C)C.COc1ccc(C(OC[C@@H]2CC[C@H](n3ccc(=O)[nH]c3=O)O2)(c2ccccc2)c2ccc(OC)cc2)cc1. The van der Waals surface area contributed by atoms with Crippen LogP contribution in [0.2, 0.25) is 0 Å². The molecule has 3 aromatic carbocycles. The Bertz CT molecular complexity index is 1880. The summed E-state index contributed by atoms with van der Waals surface area (Å²) in [5, 5.41) is 0. The van der Waals surface area contributed by atoms with Crippen molar-refractivity contribution in [3.05, 3.63) is 129 Å². The molecular weight excluding hydrogens is 798 g/mol. The van der Waals surface area contributed by atoms with Gasteiger partial charge in [0.15, 0.2) is 0 Å². The van der Waals surface area contributed by atoms with Gasteiger partial charge in [0.2, 0.25) is 0 Å². The molecule has 58 heavy (non-hydrogen) atoms. The topological polar surface area (TPSA) is 134 Å². The van der Waals surface area contributed by atoms with Crippen molar-refractivity contribution in [3.8, 4) is 11.5 Å². The van der Waals surface area contributed by atoms with Gasteiger partial charge in [0.1, 0.15) is 29.4 Å². The zero-order valence-electron chi connectivity index (χ0n) is 34.4. The summed E-state index contributed by atoms with van der Waals surface area (Å²) >= 11 is 0. The van der Waals surface area contributed by atoms with Crippen LogP contribution in [0.15, 0.2) is 101 Å². The molecule has 0 aliphatic carbocycles. The smallest absolute Gasteiger partial charge is 0.330 e. The van der Waals surface area contributed by atoms with Crippen molar-refractivity contribution in [3.63, 3.8) is 0 Å². The number of hydrogen-bond acceptors (Lipinski definition) is 12. The number of ether oxygens (including phenoxy) is 5. The van der Waals surface area contributed by atoms with E-state index in [-0.39, 0.29) is 37.0 Å². The predicted octanol–water partition coefficient (Wildman–Crippen LogP) is 8.14. The Labute approximate surface area is 351 Å². The van der Waals surface area contributed by atoms with E-state index in [0.29, 0.717) is 12.8 Å². The molecule has 3 heterocycles. The standard InChI is InChI=1S/C30H30N2O6.C13H28NO3PS2/c1-35-24-12-8-22(9-13-24)30(21-6-4-3-5-7-21,23-10-14-25(36-2)15-11-23)37-20-26-16-17-28(38-26)32-19-18-27(33)31-29(32)34;1-6-7-16-12-8-19-20-9-13(12)17-18(15)14(10(2)3)11(4)5/h3-15,18-19,26,28H,16-17,20H2,1-2H3,(H,31,33,34);10-13,15H,6-9H2,1-5H3/t26-,28+;12-,13+,18?/m01/s1. The number of benzene rings is 3. The summed E-state index contributed by atoms with van der Waals surface area (Å²) in [6.45, 7) is 11.5. The van der Waals surface area contributed by atoms with Crippen molar-refractivity contribution in [1.29, 1.82) is 0 Å². The molecule has 5 atom stereocenters. The predicted molar refractivity (Wildman–Crippen MR) is 234 cm³/mol. The minimum Gasteiger partial charge on any atom is -0.497 e. The van der Waals surface area contributed by atoms with Crippen LogP contribution in [0.3, 0.4) is 0 Å². The second-order valence-electron chi connectivity index (χ2n) is 14.6. The summed E-state index contributed by atoms with van der Waals surface area (Å²) in [5.41, 5.74) is 0.953. The molecule has 6 rings (SSSR count). The number of aromatic nitrogens is 2. The molecule has 1 aromatic heterocycles. The molecule has 1 unspecified atom stereocenters. The maximum absolute atomic E-state index is 12.3. The molecule has 4 aromatic rings. The lowest BCUT2D eigenvalue weighted by atomic mass is 9.80. The Morgan fingerprint density at radius 2 is 1.41 bits per heavy atom. The molecule has 316 valence electrons. The number of hydrogen-bond donors (Lipinski definition) is 2. The molecule has 0 radical (unpaired) electrons. The Morgan fingerprint density at radius 1 is 0.845 bits per heavy atom. The number of nitrogens with one attached hydrogen (secondary N) is 1. The van der Waals surface area contributed by atoms with Gasteiger partial charge >= 0.3 is 5.69 Å². The van der Waals surface area contributed by atoms with Crippen molar-refractivity contribution in [2.24, 2.45) is 0 Å². The number of H-pyrrole nitrogens is 1. The maximum atomic E-state index is 12.3. The minimum atomic E-state index is -1.56. The molecular formula is C43H58N3O9PS2. The van der Waals surface area contributed by atoms with Gasteiger partial charge in [0.25, 0.3) is 14.1 Å². The van der Waals surface area contributed by atoms with E-state index in [4.69, 9.17) is 28.2 Å². The fourth-order valence-electron chi connectivity index (χ4n) is 7.10. The van der Waals surface area contributed by atoms with Gasteiger partial charge in [-0.1, -0.05) is 83.1 Å². The second kappa shape index (κ2) is 22.4. The van der Waals surface area contributed by atoms with Crippen molar-refractivity contribution >= 4 is 30.1 Å². The fourth-order valence-corrected chi connectivity index (χ4v) is 11.0. The van der Waals surface area contributed by atoms with Gasteiger partial charge in [-0.25, -0.2) is 9.46 Å². The summed E-state index contributed by atoms with van der Waals surface area (Å²) in [4.78, 5) is 36.5. The van der Waals surface area contributed by atoms with E-state index in [9.17, 15) is 14.5 Å². The average Bonchev–Trinajstić information content (AvgIpc) is 3.70. The van der Waals surface area contributed by atoms with Crippen LogP contribution in [0.4, 0.5) is 0 Å². The highest BCUT2D eigenvalue weighted by molar-refractivity contribution is 8.76. The zero-order chi connectivity index (χ0) is 41.7.